The first-order chi connectivity index (χ1) is 17.4. The van der Waals surface area contributed by atoms with E-state index in [0.717, 1.165) is 18.9 Å². The zero-order valence-corrected chi connectivity index (χ0v) is 19.9. The highest BCUT2D eigenvalue weighted by atomic mass is 32.1. The molecule has 7 nitrogen and oxygen atoms in total. The zero-order valence-electron chi connectivity index (χ0n) is 19.1. The first-order valence-electron chi connectivity index (χ1n) is 11.4. The summed E-state index contributed by atoms with van der Waals surface area (Å²) in [6.45, 7) is 1.21. The van der Waals surface area contributed by atoms with E-state index >= 15 is 0 Å². The molecule has 4 aromatic rings. The van der Waals surface area contributed by atoms with Crippen molar-refractivity contribution in [3.63, 3.8) is 0 Å². The zero-order chi connectivity index (χ0) is 25.2. The third kappa shape index (κ3) is 4.98. The molecule has 186 valence electrons. The van der Waals surface area contributed by atoms with E-state index in [1.54, 1.807) is 29.9 Å². The lowest BCUT2D eigenvalue weighted by atomic mass is 10.1. The minimum absolute atomic E-state index is 0.0464. The summed E-state index contributed by atoms with van der Waals surface area (Å²) in [5.41, 5.74) is 7.72. The van der Waals surface area contributed by atoms with Crippen LogP contribution in [0.25, 0.3) is 10.6 Å². The van der Waals surface area contributed by atoms with Gasteiger partial charge in [0.2, 0.25) is 0 Å². The van der Waals surface area contributed by atoms with E-state index in [1.807, 2.05) is 4.90 Å². The van der Waals surface area contributed by atoms with Gasteiger partial charge in [-0.2, -0.15) is 5.10 Å². The van der Waals surface area contributed by atoms with Gasteiger partial charge in [-0.1, -0.05) is 18.2 Å². The number of piperidine rings is 1. The van der Waals surface area contributed by atoms with Crippen LogP contribution >= 0.6 is 11.3 Å². The standard InChI is InChI=1S/C25H23F3N6OS/c26-18-6-1-4-15(22(18)28)11-34-12-16(10-30-34)25-32-21(14-36-25)24(35)31-20-8-2-7-19(27)23(20)33-9-3-5-17(29)13-33/h1-2,4,6-8,10,12,14,17H,3,5,9,11,13,29H2,(H,31,35). The average molecular weight is 513 g/mol. The van der Waals surface area contributed by atoms with Crippen LogP contribution in [0.5, 0.6) is 0 Å². The Morgan fingerprint density at radius 3 is 2.81 bits per heavy atom. The van der Waals surface area contributed by atoms with Crippen molar-refractivity contribution in [2.75, 3.05) is 23.3 Å². The van der Waals surface area contributed by atoms with Crippen molar-refractivity contribution in [2.24, 2.45) is 5.73 Å². The normalized spacial score (nSPS) is 15.8. The molecule has 1 fully saturated rings. The number of carbonyl (C=O) groups is 1. The SMILES string of the molecule is NC1CCCN(c2c(F)cccc2NC(=O)c2csc(-c3cnn(Cc4cccc(F)c4F)c3)n2)C1. The lowest BCUT2D eigenvalue weighted by Gasteiger charge is -2.34. The molecule has 0 spiro atoms. The molecule has 3 N–H and O–H groups in total. The van der Waals surface area contributed by atoms with E-state index in [9.17, 15) is 18.0 Å². The number of nitrogens with two attached hydrogens (primary N) is 1. The number of nitrogens with one attached hydrogen (secondary N) is 1. The maximum atomic E-state index is 14.7. The molecule has 2 aromatic heterocycles. The van der Waals surface area contributed by atoms with Crippen LogP contribution in [-0.4, -0.2) is 39.8 Å². The van der Waals surface area contributed by atoms with Gasteiger partial charge >= 0.3 is 0 Å². The van der Waals surface area contributed by atoms with Crippen LogP contribution in [0, 0.1) is 17.5 Å². The molecular weight excluding hydrogens is 489 g/mol. The third-order valence-electron chi connectivity index (χ3n) is 5.99. The Kier molecular flexibility index (Phi) is 6.75. The van der Waals surface area contributed by atoms with Gasteiger partial charge in [-0.25, -0.2) is 18.2 Å². The average Bonchev–Trinajstić information content (AvgIpc) is 3.52. The van der Waals surface area contributed by atoms with Crippen LogP contribution in [0.2, 0.25) is 0 Å². The summed E-state index contributed by atoms with van der Waals surface area (Å²) in [5.74, 6) is -2.73. The van der Waals surface area contributed by atoms with Crippen LogP contribution < -0.4 is 16.0 Å². The van der Waals surface area contributed by atoms with E-state index in [2.05, 4.69) is 15.4 Å². The van der Waals surface area contributed by atoms with Crippen LogP contribution in [0.1, 0.15) is 28.9 Å². The summed E-state index contributed by atoms with van der Waals surface area (Å²) in [6.07, 6.45) is 4.91. The molecule has 5 rings (SSSR count). The van der Waals surface area contributed by atoms with Crippen molar-refractivity contribution < 1.29 is 18.0 Å². The van der Waals surface area contributed by atoms with Gasteiger partial charge in [0.1, 0.15) is 16.5 Å². The minimum atomic E-state index is -0.917. The molecule has 1 unspecified atom stereocenters. The van der Waals surface area contributed by atoms with E-state index in [0.29, 0.717) is 35.0 Å². The van der Waals surface area contributed by atoms with E-state index in [4.69, 9.17) is 5.73 Å². The Bertz CT molecular complexity index is 1400. The molecule has 1 saturated heterocycles. The Balaban J connectivity index is 1.31. The minimum Gasteiger partial charge on any atom is -0.366 e. The lowest BCUT2D eigenvalue weighted by molar-refractivity contribution is 0.102. The number of anilines is 2. The maximum absolute atomic E-state index is 14.7. The Morgan fingerprint density at radius 1 is 1.17 bits per heavy atom. The summed E-state index contributed by atoms with van der Waals surface area (Å²) in [6, 6.07) is 8.49. The molecule has 0 radical (unpaired) electrons. The molecule has 0 saturated carbocycles. The molecule has 1 aliphatic heterocycles. The number of halogens is 3. The van der Waals surface area contributed by atoms with E-state index < -0.39 is 23.4 Å². The molecule has 2 aromatic carbocycles. The highest BCUT2D eigenvalue weighted by molar-refractivity contribution is 7.13. The Labute approximate surface area is 209 Å². The highest BCUT2D eigenvalue weighted by Crippen LogP contribution is 2.32. The summed E-state index contributed by atoms with van der Waals surface area (Å²) >= 11 is 1.24. The number of rotatable bonds is 6. The number of thiazole rings is 1. The molecule has 1 amide bonds. The molecular formula is C25H23F3N6OS. The summed E-state index contributed by atoms with van der Waals surface area (Å²) in [4.78, 5) is 19.2. The molecule has 0 bridgehead atoms. The topological polar surface area (TPSA) is 89.1 Å². The number of hydrogen-bond donors (Lipinski definition) is 2. The van der Waals surface area contributed by atoms with E-state index in [1.165, 1.54) is 34.2 Å². The fourth-order valence-electron chi connectivity index (χ4n) is 4.25. The number of aromatic nitrogens is 3. The van der Waals surface area contributed by atoms with Crippen molar-refractivity contribution in [3.05, 3.63) is 82.9 Å². The second-order valence-corrected chi connectivity index (χ2v) is 9.47. The van der Waals surface area contributed by atoms with Crippen molar-refractivity contribution in [1.29, 1.82) is 0 Å². The quantitative estimate of drug-likeness (QED) is 0.393. The van der Waals surface area contributed by atoms with Crippen LogP contribution in [0.15, 0.2) is 54.2 Å². The number of carbonyl (C=O) groups excluding carboxylic acids is 1. The predicted molar refractivity (Wildman–Crippen MR) is 133 cm³/mol. The molecule has 1 atom stereocenters. The van der Waals surface area contributed by atoms with Gasteiger partial charge in [-0.3, -0.25) is 9.48 Å². The van der Waals surface area contributed by atoms with Crippen molar-refractivity contribution in [3.8, 4) is 10.6 Å². The lowest BCUT2D eigenvalue weighted by Crippen LogP contribution is -2.43. The fourth-order valence-corrected chi connectivity index (χ4v) is 5.03. The fraction of sp³-hybridized carbons (Fsp3) is 0.240. The van der Waals surface area contributed by atoms with Gasteiger partial charge in [-0.05, 0) is 31.0 Å². The van der Waals surface area contributed by atoms with Crippen LogP contribution in [-0.2, 0) is 6.54 Å². The molecule has 3 heterocycles. The van der Waals surface area contributed by atoms with Crippen LogP contribution in [0.4, 0.5) is 24.5 Å². The summed E-state index contributed by atoms with van der Waals surface area (Å²) in [7, 11) is 0. The monoisotopic (exact) mass is 512 g/mol. The predicted octanol–water partition coefficient (Wildman–Crippen LogP) is 4.65. The number of para-hydroxylation sites is 1. The second kappa shape index (κ2) is 10.1. The molecule has 1 aliphatic rings. The van der Waals surface area contributed by atoms with Crippen LogP contribution in [0.3, 0.4) is 0 Å². The number of benzene rings is 2. The first kappa shape index (κ1) is 24.0. The Morgan fingerprint density at radius 2 is 1.97 bits per heavy atom. The highest BCUT2D eigenvalue weighted by Gasteiger charge is 2.24. The van der Waals surface area contributed by atoms with Gasteiger partial charge in [0, 0.05) is 41.8 Å². The molecule has 11 heteroatoms. The van der Waals surface area contributed by atoms with Gasteiger partial charge < -0.3 is 16.0 Å². The second-order valence-electron chi connectivity index (χ2n) is 8.62. The van der Waals surface area contributed by atoms with Gasteiger partial charge in [-0.15, -0.1) is 11.3 Å². The van der Waals surface area contributed by atoms with Gasteiger partial charge in [0.05, 0.1) is 24.1 Å². The largest absolute Gasteiger partial charge is 0.366 e. The smallest absolute Gasteiger partial charge is 0.275 e. The number of hydrogen-bond acceptors (Lipinski definition) is 6. The van der Waals surface area contributed by atoms with Crippen molar-refractivity contribution in [2.45, 2.75) is 25.4 Å². The summed E-state index contributed by atoms with van der Waals surface area (Å²) in [5, 5.41) is 9.11. The number of amides is 1. The van der Waals surface area contributed by atoms with E-state index in [-0.39, 0.29) is 23.8 Å². The third-order valence-corrected chi connectivity index (χ3v) is 6.88. The van der Waals surface area contributed by atoms with Crippen molar-refractivity contribution >= 4 is 28.6 Å². The summed E-state index contributed by atoms with van der Waals surface area (Å²) < 4.78 is 43.7. The molecule has 0 aliphatic carbocycles. The molecule has 36 heavy (non-hydrogen) atoms. The van der Waals surface area contributed by atoms with Crippen molar-refractivity contribution in [1.82, 2.24) is 14.8 Å². The first-order valence-corrected chi connectivity index (χ1v) is 12.3. The van der Waals surface area contributed by atoms with Gasteiger partial charge in [0.15, 0.2) is 11.6 Å². The maximum Gasteiger partial charge on any atom is 0.275 e. The number of nitrogens with zero attached hydrogens (tertiary/aromatic N) is 4. The Hall–Kier alpha value is -3.70. The van der Waals surface area contributed by atoms with Gasteiger partial charge in [0.25, 0.3) is 5.91 Å².